The quantitative estimate of drug-likeness (QED) is 0.386. The van der Waals surface area contributed by atoms with Crippen LogP contribution in [0.4, 0.5) is 8.78 Å². The van der Waals surface area contributed by atoms with E-state index in [1.165, 1.54) is 0 Å². The van der Waals surface area contributed by atoms with E-state index in [1.54, 1.807) is 30.3 Å². The third-order valence-corrected chi connectivity index (χ3v) is 5.33. The lowest BCUT2D eigenvalue weighted by atomic mass is 9.76. The molecule has 0 amide bonds. The molecule has 0 saturated carbocycles. The van der Waals surface area contributed by atoms with Gasteiger partial charge in [-0.2, -0.15) is 8.78 Å². The van der Waals surface area contributed by atoms with Crippen molar-refractivity contribution in [3.63, 3.8) is 0 Å². The number of carbonyl (C=O) groups is 2. The lowest BCUT2D eigenvalue weighted by molar-refractivity contribution is -0.164. The Balaban J connectivity index is 2.39. The van der Waals surface area contributed by atoms with Gasteiger partial charge in [0.05, 0.1) is 0 Å². The predicted molar refractivity (Wildman–Crippen MR) is 93.9 cm³/mol. The van der Waals surface area contributed by atoms with Crippen LogP contribution in [-0.4, -0.2) is 31.9 Å². The molecule has 0 aliphatic rings. The Morgan fingerprint density at radius 2 is 1.25 bits per heavy atom. The molecular formula is C18H17F2O7P. The van der Waals surface area contributed by atoms with Crippen LogP contribution < -0.4 is 0 Å². The van der Waals surface area contributed by atoms with Gasteiger partial charge in [-0.25, -0.2) is 0 Å². The lowest BCUT2D eigenvalue weighted by Crippen LogP contribution is -2.43. The fraction of sp³-hybridized carbons (Fsp3) is 0.222. The van der Waals surface area contributed by atoms with E-state index in [0.29, 0.717) is 5.56 Å². The molecule has 0 unspecified atom stereocenters. The summed E-state index contributed by atoms with van der Waals surface area (Å²) < 4.78 is 38.4. The molecule has 7 nitrogen and oxygen atoms in total. The van der Waals surface area contributed by atoms with Crippen molar-refractivity contribution in [3.8, 4) is 0 Å². The van der Waals surface area contributed by atoms with E-state index in [9.17, 15) is 33.1 Å². The average molecular weight is 414 g/mol. The number of hydrogen-bond donors (Lipinski definition) is 4. The SMILES string of the molecule is O=C(O)C(Cc1ccccc1)(Cc1ccc(C(F)(F)P(=O)(O)O)cc1)C(=O)O. The van der Waals surface area contributed by atoms with E-state index >= 15 is 0 Å². The average Bonchev–Trinajstić information content (AvgIpc) is 2.61. The number of alkyl halides is 2. The van der Waals surface area contributed by atoms with Crippen LogP contribution >= 0.6 is 7.60 Å². The highest BCUT2D eigenvalue weighted by Crippen LogP contribution is 2.59. The first kappa shape index (κ1) is 21.7. The lowest BCUT2D eigenvalue weighted by Gasteiger charge is -2.25. The van der Waals surface area contributed by atoms with Gasteiger partial charge in [0, 0.05) is 5.56 Å². The Morgan fingerprint density at radius 3 is 1.64 bits per heavy atom. The maximum absolute atomic E-state index is 13.7. The van der Waals surface area contributed by atoms with Crippen LogP contribution in [-0.2, 0) is 32.7 Å². The van der Waals surface area contributed by atoms with Crippen molar-refractivity contribution in [2.75, 3.05) is 0 Å². The normalized spacial score (nSPS) is 12.6. The number of rotatable bonds is 8. The van der Waals surface area contributed by atoms with Gasteiger partial charge in [0.25, 0.3) is 0 Å². The molecule has 150 valence electrons. The Hall–Kier alpha value is -2.61. The van der Waals surface area contributed by atoms with Crippen LogP contribution in [0, 0.1) is 5.41 Å². The molecule has 0 spiro atoms. The van der Waals surface area contributed by atoms with Gasteiger partial charge in [-0.1, -0.05) is 54.6 Å². The summed E-state index contributed by atoms with van der Waals surface area (Å²) in [6.45, 7) is 0. The molecule has 0 aromatic heterocycles. The number of halogens is 2. The minimum Gasteiger partial charge on any atom is -0.480 e. The van der Waals surface area contributed by atoms with Crippen LogP contribution in [0.3, 0.4) is 0 Å². The van der Waals surface area contributed by atoms with Crippen LogP contribution in [0.15, 0.2) is 54.6 Å². The van der Waals surface area contributed by atoms with Gasteiger partial charge in [-0.15, -0.1) is 0 Å². The maximum Gasteiger partial charge on any atom is 0.399 e. The zero-order valence-corrected chi connectivity index (χ0v) is 15.2. The van der Waals surface area contributed by atoms with E-state index < -0.39 is 42.6 Å². The van der Waals surface area contributed by atoms with Crippen molar-refractivity contribution in [3.05, 3.63) is 71.3 Å². The van der Waals surface area contributed by atoms with Gasteiger partial charge in [-0.05, 0) is 24.0 Å². The fourth-order valence-corrected chi connectivity index (χ4v) is 3.23. The van der Waals surface area contributed by atoms with Crippen molar-refractivity contribution in [2.24, 2.45) is 5.41 Å². The molecule has 10 heteroatoms. The first-order valence-electron chi connectivity index (χ1n) is 7.94. The predicted octanol–water partition coefficient (Wildman–Crippen LogP) is 2.85. The summed E-state index contributed by atoms with van der Waals surface area (Å²) in [5.74, 6) is -3.18. The van der Waals surface area contributed by atoms with Crippen LogP contribution in [0.2, 0.25) is 0 Å². The third kappa shape index (κ3) is 4.27. The molecule has 2 rings (SSSR count). The first-order chi connectivity index (χ1) is 12.9. The molecule has 0 heterocycles. The number of carboxylic acid groups (broad SMARTS) is 2. The molecule has 0 radical (unpaired) electrons. The van der Waals surface area contributed by atoms with Crippen molar-refractivity contribution >= 4 is 19.5 Å². The fourth-order valence-electron chi connectivity index (χ4n) is 2.74. The van der Waals surface area contributed by atoms with Crippen molar-refractivity contribution in [1.29, 1.82) is 0 Å². The Bertz CT molecular complexity index is 893. The van der Waals surface area contributed by atoms with E-state index in [-0.39, 0.29) is 12.0 Å². The highest BCUT2D eigenvalue weighted by molar-refractivity contribution is 7.52. The minimum atomic E-state index is -5.75. The second-order valence-corrected chi connectivity index (χ2v) is 7.96. The summed E-state index contributed by atoms with van der Waals surface area (Å²) in [6, 6.07) is 11.6. The standard InChI is InChI=1S/C18H17F2O7P/c19-18(20,28(25,26)27)14-8-6-13(7-9-14)11-17(15(21)22,16(23)24)10-12-4-2-1-3-5-12/h1-9H,10-11H2,(H,21,22)(H,23,24)(H2,25,26,27). The summed E-state index contributed by atoms with van der Waals surface area (Å²) in [5, 5.41) is 19.2. The second-order valence-electron chi connectivity index (χ2n) is 6.31. The van der Waals surface area contributed by atoms with Crippen molar-refractivity contribution < 1.29 is 42.9 Å². The van der Waals surface area contributed by atoms with E-state index in [0.717, 1.165) is 24.3 Å². The van der Waals surface area contributed by atoms with Crippen molar-refractivity contribution in [2.45, 2.75) is 18.5 Å². The molecule has 0 aliphatic carbocycles. The molecule has 28 heavy (non-hydrogen) atoms. The summed E-state index contributed by atoms with van der Waals surface area (Å²) in [4.78, 5) is 41.2. The smallest absolute Gasteiger partial charge is 0.399 e. The monoisotopic (exact) mass is 414 g/mol. The number of hydrogen-bond acceptors (Lipinski definition) is 3. The van der Waals surface area contributed by atoms with E-state index in [1.807, 2.05) is 0 Å². The third-order valence-electron chi connectivity index (χ3n) is 4.34. The molecule has 0 atom stereocenters. The van der Waals surface area contributed by atoms with Crippen LogP contribution in [0.1, 0.15) is 16.7 Å². The Morgan fingerprint density at radius 1 is 0.821 bits per heavy atom. The molecule has 0 bridgehead atoms. The highest BCUT2D eigenvalue weighted by atomic mass is 31.2. The first-order valence-corrected chi connectivity index (χ1v) is 9.55. The van der Waals surface area contributed by atoms with Gasteiger partial charge in [0.2, 0.25) is 0 Å². The maximum atomic E-state index is 13.7. The van der Waals surface area contributed by atoms with Gasteiger partial charge in [-0.3, -0.25) is 14.2 Å². The van der Waals surface area contributed by atoms with Gasteiger partial charge in [0.15, 0.2) is 5.41 Å². The largest absolute Gasteiger partial charge is 0.480 e. The molecule has 4 N–H and O–H groups in total. The van der Waals surface area contributed by atoms with Crippen molar-refractivity contribution in [1.82, 2.24) is 0 Å². The van der Waals surface area contributed by atoms with Crippen LogP contribution in [0.5, 0.6) is 0 Å². The molecule has 2 aromatic rings. The highest BCUT2D eigenvalue weighted by Gasteiger charge is 2.50. The van der Waals surface area contributed by atoms with E-state index in [2.05, 4.69) is 0 Å². The zero-order valence-electron chi connectivity index (χ0n) is 14.3. The molecular weight excluding hydrogens is 397 g/mol. The summed E-state index contributed by atoms with van der Waals surface area (Å²) in [6.07, 6.45) is -0.840. The number of benzene rings is 2. The van der Waals surface area contributed by atoms with Gasteiger partial charge in [0.1, 0.15) is 0 Å². The second kappa shape index (κ2) is 7.79. The summed E-state index contributed by atoms with van der Waals surface area (Å²) in [5.41, 5.74) is -7.02. The Labute approximate surface area is 158 Å². The topological polar surface area (TPSA) is 132 Å². The number of aliphatic carboxylic acids is 2. The molecule has 2 aromatic carbocycles. The van der Waals surface area contributed by atoms with Gasteiger partial charge >= 0.3 is 25.2 Å². The molecule has 0 saturated heterocycles. The van der Waals surface area contributed by atoms with E-state index in [4.69, 9.17) is 9.79 Å². The van der Waals surface area contributed by atoms with Gasteiger partial charge < -0.3 is 20.0 Å². The zero-order chi connectivity index (χ0) is 21.2. The number of carboxylic acids is 2. The molecule has 0 fully saturated rings. The summed E-state index contributed by atoms with van der Waals surface area (Å²) >= 11 is 0. The summed E-state index contributed by atoms with van der Waals surface area (Å²) in [7, 11) is -5.75. The minimum absolute atomic E-state index is 0.117. The Kier molecular flexibility index (Phi) is 6.03. The van der Waals surface area contributed by atoms with Crippen LogP contribution in [0.25, 0.3) is 0 Å². The molecule has 0 aliphatic heterocycles.